The van der Waals surface area contributed by atoms with Crippen molar-refractivity contribution in [3.63, 3.8) is 0 Å². The second kappa shape index (κ2) is 5.69. The topological polar surface area (TPSA) is 61.2 Å². The summed E-state index contributed by atoms with van der Waals surface area (Å²) in [5, 5.41) is 6.12. The van der Waals surface area contributed by atoms with E-state index in [0.29, 0.717) is 10.1 Å². The second-order valence-electron chi connectivity index (χ2n) is 4.40. The van der Waals surface area contributed by atoms with Gasteiger partial charge < -0.3 is 4.74 Å². The minimum Gasteiger partial charge on any atom is -0.461 e. The largest absolute Gasteiger partial charge is 0.461 e. The lowest BCUT2D eigenvalue weighted by Crippen LogP contribution is -2.25. The average molecular weight is 318 g/mol. The van der Waals surface area contributed by atoms with Crippen LogP contribution in [0.1, 0.15) is 17.4 Å². The number of fused-ring (bicyclic) bond motifs is 1. The Morgan fingerprint density at radius 2 is 2.14 bits per heavy atom. The lowest BCUT2D eigenvalue weighted by molar-refractivity contribution is 0.0520. The summed E-state index contributed by atoms with van der Waals surface area (Å²) in [4.78, 5) is 24.5. The van der Waals surface area contributed by atoms with Gasteiger partial charge in [-0.05, 0) is 30.5 Å². The van der Waals surface area contributed by atoms with E-state index in [1.165, 1.54) is 29.5 Å². The van der Waals surface area contributed by atoms with E-state index >= 15 is 0 Å². The molecule has 0 atom stereocenters. The first-order chi connectivity index (χ1) is 10.6. The first kappa shape index (κ1) is 14.4. The van der Waals surface area contributed by atoms with Gasteiger partial charge in [0.25, 0.3) is 5.56 Å². The number of benzene rings is 1. The number of thiophene rings is 1. The number of hydrogen-bond acceptors (Lipinski definition) is 5. The van der Waals surface area contributed by atoms with Gasteiger partial charge >= 0.3 is 5.97 Å². The first-order valence-corrected chi connectivity index (χ1v) is 7.44. The lowest BCUT2D eigenvalue weighted by Gasteiger charge is -2.09. The van der Waals surface area contributed by atoms with Gasteiger partial charge in [0.05, 0.1) is 6.61 Å². The van der Waals surface area contributed by atoms with Crippen LogP contribution in [0.25, 0.3) is 15.8 Å². The van der Waals surface area contributed by atoms with Crippen LogP contribution in [0.3, 0.4) is 0 Å². The number of esters is 1. The summed E-state index contributed by atoms with van der Waals surface area (Å²) in [6.07, 6.45) is 0. The molecular weight excluding hydrogens is 307 g/mol. The Morgan fingerprint density at radius 3 is 2.86 bits per heavy atom. The molecule has 0 fully saturated rings. The van der Waals surface area contributed by atoms with E-state index in [1.54, 1.807) is 24.4 Å². The molecule has 0 aliphatic rings. The quantitative estimate of drug-likeness (QED) is 0.697. The van der Waals surface area contributed by atoms with Gasteiger partial charge in [0.1, 0.15) is 16.2 Å². The van der Waals surface area contributed by atoms with Crippen molar-refractivity contribution in [2.24, 2.45) is 0 Å². The van der Waals surface area contributed by atoms with Gasteiger partial charge in [-0.2, -0.15) is 9.78 Å². The maximum atomic E-state index is 13.9. The van der Waals surface area contributed by atoms with Gasteiger partial charge in [0.15, 0.2) is 5.69 Å². The molecule has 0 unspecified atom stereocenters. The molecule has 2 heterocycles. The first-order valence-electron chi connectivity index (χ1n) is 6.56. The highest BCUT2D eigenvalue weighted by Gasteiger charge is 2.20. The number of ether oxygens (including phenoxy) is 1. The smallest absolute Gasteiger partial charge is 0.359 e. The van der Waals surface area contributed by atoms with Crippen LogP contribution in [0.15, 0.2) is 40.5 Å². The van der Waals surface area contributed by atoms with Gasteiger partial charge in [-0.3, -0.25) is 4.79 Å². The summed E-state index contributed by atoms with van der Waals surface area (Å²) in [7, 11) is 0. The van der Waals surface area contributed by atoms with Crippen molar-refractivity contribution in [3.05, 3.63) is 57.6 Å². The van der Waals surface area contributed by atoms with Crippen LogP contribution in [-0.2, 0) is 4.74 Å². The summed E-state index contributed by atoms with van der Waals surface area (Å²) < 4.78 is 20.1. The van der Waals surface area contributed by atoms with Gasteiger partial charge in [-0.1, -0.05) is 12.1 Å². The van der Waals surface area contributed by atoms with Crippen molar-refractivity contribution in [3.8, 4) is 5.69 Å². The van der Waals surface area contributed by atoms with Crippen molar-refractivity contribution < 1.29 is 13.9 Å². The lowest BCUT2D eigenvalue weighted by atomic mass is 10.2. The van der Waals surface area contributed by atoms with E-state index in [0.717, 1.165) is 4.68 Å². The second-order valence-corrected chi connectivity index (χ2v) is 5.32. The molecule has 0 spiro atoms. The van der Waals surface area contributed by atoms with Crippen molar-refractivity contribution in [1.29, 1.82) is 0 Å². The molecule has 1 aromatic carbocycles. The predicted octanol–water partition coefficient (Wildman–Crippen LogP) is 2.76. The van der Waals surface area contributed by atoms with E-state index in [1.807, 2.05) is 0 Å². The van der Waals surface area contributed by atoms with Crippen molar-refractivity contribution in [2.75, 3.05) is 6.61 Å². The molecule has 2 aromatic heterocycles. The number of para-hydroxylation sites is 1. The third-order valence-electron chi connectivity index (χ3n) is 3.06. The minimum atomic E-state index is -0.643. The van der Waals surface area contributed by atoms with Crippen LogP contribution in [0.4, 0.5) is 4.39 Å². The average Bonchev–Trinajstić information content (AvgIpc) is 2.99. The number of halogens is 1. The zero-order valence-electron chi connectivity index (χ0n) is 11.6. The molecule has 0 aliphatic heterocycles. The van der Waals surface area contributed by atoms with Crippen LogP contribution in [-0.4, -0.2) is 22.4 Å². The number of carbonyl (C=O) groups excluding carboxylic acids is 1. The maximum Gasteiger partial charge on any atom is 0.359 e. The van der Waals surface area contributed by atoms with Crippen LogP contribution in [0.5, 0.6) is 0 Å². The predicted molar refractivity (Wildman–Crippen MR) is 81.1 cm³/mol. The number of rotatable bonds is 3. The molecule has 0 saturated heterocycles. The van der Waals surface area contributed by atoms with Crippen LogP contribution in [0.2, 0.25) is 0 Å². The fourth-order valence-electron chi connectivity index (χ4n) is 2.09. The molecule has 0 amide bonds. The fourth-order valence-corrected chi connectivity index (χ4v) is 2.91. The van der Waals surface area contributed by atoms with Crippen molar-refractivity contribution in [1.82, 2.24) is 9.78 Å². The number of aromatic nitrogens is 2. The van der Waals surface area contributed by atoms with E-state index < -0.39 is 17.3 Å². The Bertz CT molecular complexity index is 917. The molecule has 3 rings (SSSR count). The summed E-state index contributed by atoms with van der Waals surface area (Å²) in [6, 6.07) is 7.39. The van der Waals surface area contributed by atoms with Crippen LogP contribution < -0.4 is 5.56 Å². The van der Waals surface area contributed by atoms with Gasteiger partial charge in [-0.25, -0.2) is 9.18 Å². The SMILES string of the molecule is CCOC(=O)c1nn(-c2ccccc2F)c(=O)c2sccc12. The Balaban J connectivity index is 2.32. The molecule has 3 aromatic rings. The molecule has 0 saturated carbocycles. The molecule has 22 heavy (non-hydrogen) atoms. The highest BCUT2D eigenvalue weighted by molar-refractivity contribution is 7.17. The van der Waals surface area contributed by atoms with E-state index in [9.17, 15) is 14.0 Å². The maximum absolute atomic E-state index is 13.9. The highest BCUT2D eigenvalue weighted by Crippen LogP contribution is 2.21. The third kappa shape index (κ3) is 2.29. The Labute approximate surface area is 128 Å². The van der Waals surface area contributed by atoms with E-state index in [2.05, 4.69) is 5.10 Å². The zero-order valence-corrected chi connectivity index (χ0v) is 12.4. The number of nitrogens with zero attached hydrogens (tertiary/aromatic N) is 2. The molecule has 0 N–H and O–H groups in total. The Hall–Kier alpha value is -2.54. The summed E-state index contributed by atoms with van der Waals surface area (Å²) >= 11 is 1.17. The van der Waals surface area contributed by atoms with Gasteiger partial charge in [-0.15, -0.1) is 11.3 Å². The molecule has 0 radical (unpaired) electrons. The molecule has 5 nitrogen and oxygen atoms in total. The molecule has 7 heteroatoms. The summed E-state index contributed by atoms with van der Waals surface area (Å²) in [5.41, 5.74) is -0.475. The van der Waals surface area contributed by atoms with Crippen molar-refractivity contribution in [2.45, 2.75) is 6.92 Å². The number of carbonyl (C=O) groups is 1. The molecule has 0 aliphatic carbocycles. The fraction of sp³-hybridized carbons (Fsp3) is 0.133. The Morgan fingerprint density at radius 1 is 1.36 bits per heavy atom. The summed E-state index contributed by atoms with van der Waals surface area (Å²) in [6.45, 7) is 1.86. The van der Waals surface area contributed by atoms with E-state index in [4.69, 9.17) is 4.74 Å². The Kier molecular flexibility index (Phi) is 3.72. The van der Waals surface area contributed by atoms with E-state index in [-0.39, 0.29) is 18.0 Å². The van der Waals surface area contributed by atoms with Crippen molar-refractivity contribution >= 4 is 27.4 Å². The summed E-state index contributed by atoms with van der Waals surface area (Å²) in [5.74, 6) is -1.24. The van der Waals surface area contributed by atoms with Gasteiger partial charge in [0, 0.05) is 5.39 Å². The highest BCUT2D eigenvalue weighted by atomic mass is 32.1. The molecule has 112 valence electrons. The molecular formula is C15H11FN2O3S. The normalized spacial score (nSPS) is 10.8. The standard InChI is InChI=1S/C15H11FN2O3S/c1-2-21-15(20)12-9-7-8-22-13(9)14(19)18(17-12)11-6-4-3-5-10(11)16/h3-8H,2H2,1H3. The van der Waals surface area contributed by atoms with Crippen LogP contribution >= 0.6 is 11.3 Å². The third-order valence-corrected chi connectivity index (χ3v) is 3.96. The monoisotopic (exact) mass is 318 g/mol. The van der Waals surface area contributed by atoms with Gasteiger partial charge in [0.2, 0.25) is 0 Å². The molecule has 0 bridgehead atoms. The zero-order chi connectivity index (χ0) is 15.7. The van der Waals surface area contributed by atoms with Crippen LogP contribution in [0, 0.1) is 5.82 Å². The number of hydrogen-bond donors (Lipinski definition) is 0. The minimum absolute atomic E-state index is 0.000882.